The molecule has 0 aromatic heterocycles. The van der Waals surface area contributed by atoms with Gasteiger partial charge in [-0.3, -0.25) is 0 Å². The second-order valence-electron chi connectivity index (χ2n) is 13.3. The average molecular weight is 657 g/mol. The molecule has 0 spiro atoms. The Morgan fingerprint density at radius 2 is 1.10 bits per heavy atom. The minimum atomic E-state index is -0.965. The van der Waals surface area contributed by atoms with E-state index in [4.69, 9.17) is 9.47 Å². The number of nitrogens with one attached hydrogen (secondary N) is 1. The number of hydrogen-bond donors (Lipinski definition) is 1. The molecule has 0 atom stereocenters. The molecular formula is C43H64N2O3. The highest BCUT2D eigenvalue weighted by Gasteiger charge is 2.41. The molecule has 1 amide bonds. The van der Waals surface area contributed by atoms with Crippen LogP contribution in [0.25, 0.3) is 0 Å². The Bertz CT molecular complexity index is 1220. The second-order valence-corrected chi connectivity index (χ2v) is 13.3. The molecule has 0 radical (unpaired) electrons. The van der Waals surface area contributed by atoms with E-state index in [0.717, 1.165) is 41.8 Å². The van der Waals surface area contributed by atoms with E-state index in [1.807, 2.05) is 42.5 Å². The van der Waals surface area contributed by atoms with E-state index < -0.39 is 11.7 Å². The maximum atomic E-state index is 12.8. The van der Waals surface area contributed by atoms with Crippen molar-refractivity contribution in [3.05, 3.63) is 95.6 Å². The van der Waals surface area contributed by atoms with E-state index >= 15 is 0 Å². The minimum Gasteiger partial charge on any atom is -0.408 e. The quantitative estimate of drug-likeness (QED) is 0.0728. The molecule has 0 bridgehead atoms. The number of rotatable bonds is 25. The predicted octanol–water partition coefficient (Wildman–Crippen LogP) is 11.8. The predicted molar refractivity (Wildman–Crippen MR) is 203 cm³/mol. The van der Waals surface area contributed by atoms with Gasteiger partial charge in [-0.1, -0.05) is 183 Å². The fourth-order valence-corrected chi connectivity index (χ4v) is 6.69. The van der Waals surface area contributed by atoms with Crippen LogP contribution in [0.2, 0.25) is 0 Å². The van der Waals surface area contributed by atoms with Crippen molar-refractivity contribution in [1.29, 1.82) is 0 Å². The smallest absolute Gasteiger partial charge is 0.408 e. The standard InChI is InChI=1S/C43H64N2O3/c1-5-7-8-9-10-11-12-13-14-15-16-17-18-19-20-27-35-45(4)40-34-28-33-39(41(40)48-42(46)44-3)43(47-36-6-2,37-29-23-21-24-30-37)38-31-25-22-26-32-38/h21-26,28-34H,5-20,27,35-36H2,1-4H3,(H,44,46). The summed E-state index contributed by atoms with van der Waals surface area (Å²) < 4.78 is 13.0. The van der Waals surface area contributed by atoms with Crippen molar-refractivity contribution in [2.45, 2.75) is 129 Å². The molecule has 48 heavy (non-hydrogen) atoms. The molecule has 5 heteroatoms. The van der Waals surface area contributed by atoms with Gasteiger partial charge < -0.3 is 19.7 Å². The molecular weight excluding hydrogens is 592 g/mol. The van der Waals surface area contributed by atoms with Gasteiger partial charge in [-0.2, -0.15) is 0 Å². The molecule has 0 fully saturated rings. The van der Waals surface area contributed by atoms with Crippen molar-refractivity contribution in [2.24, 2.45) is 0 Å². The topological polar surface area (TPSA) is 50.8 Å². The van der Waals surface area contributed by atoms with Gasteiger partial charge in [0.25, 0.3) is 0 Å². The van der Waals surface area contributed by atoms with E-state index in [-0.39, 0.29) is 0 Å². The fraction of sp³-hybridized carbons (Fsp3) is 0.558. The summed E-state index contributed by atoms with van der Waals surface area (Å²) in [6, 6.07) is 26.7. The van der Waals surface area contributed by atoms with Crippen LogP contribution in [-0.2, 0) is 10.3 Å². The second kappa shape index (κ2) is 23.1. The number of benzene rings is 3. The van der Waals surface area contributed by atoms with Crippen LogP contribution >= 0.6 is 0 Å². The third kappa shape index (κ3) is 12.3. The molecule has 0 aliphatic heterocycles. The van der Waals surface area contributed by atoms with E-state index in [1.54, 1.807) is 7.05 Å². The number of para-hydroxylation sites is 1. The highest BCUT2D eigenvalue weighted by Crippen LogP contribution is 2.47. The first kappa shape index (κ1) is 39.1. The lowest BCUT2D eigenvalue weighted by Gasteiger charge is -2.37. The van der Waals surface area contributed by atoms with Crippen LogP contribution in [0, 0.1) is 0 Å². The van der Waals surface area contributed by atoms with Gasteiger partial charge in [-0.15, -0.1) is 0 Å². The summed E-state index contributed by atoms with van der Waals surface area (Å²) in [6.07, 6.45) is 22.0. The number of anilines is 1. The zero-order chi connectivity index (χ0) is 34.3. The number of amides is 1. The Labute approximate surface area is 292 Å². The van der Waals surface area contributed by atoms with Crippen LogP contribution in [0.3, 0.4) is 0 Å². The molecule has 3 aromatic rings. The van der Waals surface area contributed by atoms with Gasteiger partial charge in [0, 0.05) is 32.8 Å². The summed E-state index contributed by atoms with van der Waals surface area (Å²) >= 11 is 0. The zero-order valence-electron chi connectivity index (χ0n) is 30.6. The van der Waals surface area contributed by atoms with E-state index in [9.17, 15) is 4.79 Å². The Morgan fingerprint density at radius 1 is 0.625 bits per heavy atom. The number of nitrogens with zero attached hydrogens (tertiary/aromatic N) is 1. The van der Waals surface area contributed by atoms with Gasteiger partial charge in [-0.25, -0.2) is 4.79 Å². The number of hydrogen-bond acceptors (Lipinski definition) is 4. The van der Waals surface area contributed by atoms with E-state index in [1.165, 1.54) is 96.3 Å². The van der Waals surface area contributed by atoms with Crippen molar-refractivity contribution < 1.29 is 14.3 Å². The molecule has 0 aliphatic carbocycles. The molecule has 3 rings (SSSR count). The first-order chi connectivity index (χ1) is 23.6. The molecule has 264 valence electrons. The number of carbonyl (C=O) groups excluding carboxylic acids is 1. The Morgan fingerprint density at radius 3 is 1.56 bits per heavy atom. The van der Waals surface area contributed by atoms with Gasteiger partial charge in [0.05, 0.1) is 5.69 Å². The SMILES string of the molecule is CCCCCCCCCCCCCCCCCCN(C)c1cccc(C(OCCC)(c2ccccc2)c2ccccc2)c1OC(=O)NC. The van der Waals surface area contributed by atoms with Crippen molar-refractivity contribution in [3.8, 4) is 5.75 Å². The summed E-state index contributed by atoms with van der Waals surface area (Å²) in [5, 5.41) is 2.66. The minimum absolute atomic E-state index is 0.495. The normalized spacial score (nSPS) is 11.4. The van der Waals surface area contributed by atoms with Gasteiger partial charge in [0.2, 0.25) is 0 Å². The number of ether oxygens (including phenoxy) is 2. The maximum absolute atomic E-state index is 12.8. The maximum Gasteiger partial charge on any atom is 0.412 e. The van der Waals surface area contributed by atoms with Gasteiger partial charge in [0.15, 0.2) is 5.75 Å². The zero-order valence-corrected chi connectivity index (χ0v) is 30.6. The Hall–Kier alpha value is -3.31. The highest BCUT2D eigenvalue weighted by molar-refractivity contribution is 5.76. The molecule has 1 N–H and O–H groups in total. The summed E-state index contributed by atoms with van der Waals surface area (Å²) in [4.78, 5) is 15.1. The van der Waals surface area contributed by atoms with Crippen molar-refractivity contribution in [3.63, 3.8) is 0 Å². The number of carbonyl (C=O) groups is 1. The molecule has 0 unspecified atom stereocenters. The largest absolute Gasteiger partial charge is 0.412 e. The Kier molecular flexibility index (Phi) is 18.8. The van der Waals surface area contributed by atoms with Crippen molar-refractivity contribution >= 4 is 11.8 Å². The average Bonchev–Trinajstić information content (AvgIpc) is 3.13. The highest BCUT2D eigenvalue weighted by atomic mass is 16.6. The van der Waals surface area contributed by atoms with E-state index in [0.29, 0.717) is 12.4 Å². The van der Waals surface area contributed by atoms with Crippen molar-refractivity contribution in [2.75, 3.05) is 32.1 Å². The first-order valence-electron chi connectivity index (χ1n) is 19.1. The number of unbranched alkanes of at least 4 members (excludes halogenated alkanes) is 15. The van der Waals surface area contributed by atoms with Crippen LogP contribution < -0.4 is 15.0 Å². The fourth-order valence-electron chi connectivity index (χ4n) is 6.69. The summed E-state index contributed by atoms with van der Waals surface area (Å²) in [6.45, 7) is 5.83. The summed E-state index contributed by atoms with van der Waals surface area (Å²) in [5.74, 6) is 0.527. The molecule has 5 nitrogen and oxygen atoms in total. The van der Waals surface area contributed by atoms with Crippen molar-refractivity contribution in [1.82, 2.24) is 5.32 Å². The lowest BCUT2D eigenvalue weighted by Crippen LogP contribution is -2.35. The molecule has 0 saturated heterocycles. The molecule has 0 saturated carbocycles. The lowest BCUT2D eigenvalue weighted by molar-refractivity contribution is 0.0119. The van der Waals surface area contributed by atoms with Crippen LogP contribution in [0.5, 0.6) is 5.75 Å². The van der Waals surface area contributed by atoms with Gasteiger partial charge >= 0.3 is 6.09 Å². The van der Waals surface area contributed by atoms with E-state index in [2.05, 4.69) is 67.5 Å². The van der Waals surface area contributed by atoms with Gasteiger partial charge in [-0.05, 0) is 30.0 Å². The van der Waals surface area contributed by atoms with Gasteiger partial charge in [0.1, 0.15) is 5.60 Å². The molecule has 0 aliphatic rings. The molecule has 3 aromatic carbocycles. The summed E-state index contributed by atoms with van der Waals surface area (Å²) in [7, 11) is 3.70. The third-order valence-corrected chi connectivity index (χ3v) is 9.41. The lowest BCUT2D eigenvalue weighted by atomic mass is 9.79. The van der Waals surface area contributed by atoms with Crippen LogP contribution in [0.15, 0.2) is 78.9 Å². The first-order valence-corrected chi connectivity index (χ1v) is 19.1. The third-order valence-electron chi connectivity index (χ3n) is 9.41. The molecule has 0 heterocycles. The van der Waals surface area contributed by atoms with Crippen LogP contribution in [0.1, 0.15) is 140 Å². The monoisotopic (exact) mass is 656 g/mol. The summed E-state index contributed by atoms with van der Waals surface area (Å²) in [5.41, 5.74) is 2.71. The van der Waals surface area contributed by atoms with Crippen LogP contribution in [-0.4, -0.2) is 33.3 Å². The van der Waals surface area contributed by atoms with Crippen LogP contribution in [0.4, 0.5) is 10.5 Å². The Balaban J connectivity index is 1.64.